The summed E-state index contributed by atoms with van der Waals surface area (Å²) in [4.78, 5) is 34.9. The first-order chi connectivity index (χ1) is 10.1. The van der Waals surface area contributed by atoms with Crippen molar-refractivity contribution in [1.29, 1.82) is 0 Å². The average Bonchev–Trinajstić information content (AvgIpc) is 2.80. The largest absolute Gasteiger partial charge is 0.348 e. The van der Waals surface area contributed by atoms with Crippen LogP contribution in [0.2, 0.25) is 0 Å². The van der Waals surface area contributed by atoms with Crippen molar-refractivity contribution >= 4 is 23.3 Å². The Morgan fingerprint density at radius 3 is 2.57 bits per heavy atom. The fourth-order valence-electron chi connectivity index (χ4n) is 2.16. The molecule has 2 aromatic carbocycles. The van der Waals surface area contributed by atoms with Crippen LogP contribution >= 0.6 is 0 Å². The number of Topliss-reactive ketones (excluding diaryl/α,β-unsaturated/α-hetero) is 1. The number of carbonyl (C=O) groups excluding carboxylic acids is 3. The Morgan fingerprint density at radius 2 is 1.81 bits per heavy atom. The molecular formula is C16H12N2O3. The van der Waals surface area contributed by atoms with E-state index in [1.807, 2.05) is 30.3 Å². The number of nitrogens with one attached hydrogen (secondary N) is 2. The van der Waals surface area contributed by atoms with Gasteiger partial charge in [-0.05, 0) is 23.8 Å². The van der Waals surface area contributed by atoms with Crippen molar-refractivity contribution in [2.45, 2.75) is 6.54 Å². The SMILES string of the molecule is O=C1Nc2ccc(C(=O)NCc3ccccc3)cc2C1=O. The number of benzene rings is 2. The van der Waals surface area contributed by atoms with Gasteiger partial charge in [-0.3, -0.25) is 14.4 Å². The van der Waals surface area contributed by atoms with Crippen molar-refractivity contribution in [3.8, 4) is 0 Å². The van der Waals surface area contributed by atoms with Crippen molar-refractivity contribution < 1.29 is 14.4 Å². The van der Waals surface area contributed by atoms with Crippen LogP contribution < -0.4 is 10.6 Å². The molecule has 2 amide bonds. The molecular weight excluding hydrogens is 268 g/mol. The second-order valence-electron chi connectivity index (χ2n) is 4.71. The fourth-order valence-corrected chi connectivity index (χ4v) is 2.16. The van der Waals surface area contributed by atoms with Gasteiger partial charge < -0.3 is 10.6 Å². The molecule has 21 heavy (non-hydrogen) atoms. The van der Waals surface area contributed by atoms with Gasteiger partial charge in [0.1, 0.15) is 0 Å². The second-order valence-corrected chi connectivity index (χ2v) is 4.71. The van der Waals surface area contributed by atoms with Crippen LogP contribution in [-0.4, -0.2) is 17.6 Å². The first kappa shape index (κ1) is 13.1. The molecule has 0 saturated heterocycles. The number of hydrogen-bond donors (Lipinski definition) is 2. The van der Waals surface area contributed by atoms with Crippen molar-refractivity contribution in [2.24, 2.45) is 0 Å². The summed E-state index contributed by atoms with van der Waals surface area (Å²) in [6.45, 7) is 0.405. The van der Waals surface area contributed by atoms with Crippen LogP contribution in [0.4, 0.5) is 5.69 Å². The van der Waals surface area contributed by atoms with Crippen LogP contribution in [0.3, 0.4) is 0 Å². The molecule has 5 nitrogen and oxygen atoms in total. The highest BCUT2D eigenvalue weighted by Crippen LogP contribution is 2.23. The highest BCUT2D eigenvalue weighted by molar-refractivity contribution is 6.51. The molecule has 2 N–H and O–H groups in total. The molecule has 0 bridgehead atoms. The molecule has 1 heterocycles. The van der Waals surface area contributed by atoms with E-state index in [9.17, 15) is 14.4 Å². The number of anilines is 1. The minimum atomic E-state index is -0.660. The summed E-state index contributed by atoms with van der Waals surface area (Å²) in [5.74, 6) is -1.55. The van der Waals surface area contributed by atoms with Gasteiger partial charge >= 0.3 is 0 Å². The van der Waals surface area contributed by atoms with Crippen LogP contribution in [0, 0.1) is 0 Å². The van der Waals surface area contributed by atoms with E-state index in [1.54, 1.807) is 12.1 Å². The lowest BCUT2D eigenvalue weighted by Gasteiger charge is -2.06. The Bertz CT molecular complexity index is 738. The monoisotopic (exact) mass is 280 g/mol. The predicted octanol–water partition coefficient (Wildman–Crippen LogP) is 1.75. The van der Waals surface area contributed by atoms with E-state index in [2.05, 4.69) is 10.6 Å². The Labute approximate surface area is 121 Å². The maximum absolute atomic E-state index is 12.1. The third-order valence-corrected chi connectivity index (χ3v) is 3.28. The predicted molar refractivity (Wildman–Crippen MR) is 77.0 cm³/mol. The molecule has 0 atom stereocenters. The molecule has 1 aliphatic heterocycles. The van der Waals surface area contributed by atoms with E-state index in [1.165, 1.54) is 6.07 Å². The van der Waals surface area contributed by atoms with E-state index < -0.39 is 11.7 Å². The maximum Gasteiger partial charge on any atom is 0.296 e. The summed E-state index contributed by atoms with van der Waals surface area (Å²) >= 11 is 0. The molecule has 104 valence electrons. The quantitative estimate of drug-likeness (QED) is 0.841. The van der Waals surface area contributed by atoms with Gasteiger partial charge in [0, 0.05) is 12.1 Å². The van der Waals surface area contributed by atoms with Crippen LogP contribution in [0.15, 0.2) is 48.5 Å². The first-order valence-electron chi connectivity index (χ1n) is 6.47. The Morgan fingerprint density at radius 1 is 1.05 bits per heavy atom. The van der Waals surface area contributed by atoms with Gasteiger partial charge in [-0.15, -0.1) is 0 Å². The van der Waals surface area contributed by atoms with Gasteiger partial charge in [-0.25, -0.2) is 0 Å². The van der Waals surface area contributed by atoms with Crippen molar-refractivity contribution in [3.63, 3.8) is 0 Å². The fraction of sp³-hybridized carbons (Fsp3) is 0.0625. The van der Waals surface area contributed by atoms with Gasteiger partial charge in [-0.1, -0.05) is 30.3 Å². The van der Waals surface area contributed by atoms with E-state index in [4.69, 9.17) is 0 Å². The molecule has 0 unspecified atom stereocenters. The first-order valence-corrected chi connectivity index (χ1v) is 6.47. The number of ketones is 1. The molecule has 0 radical (unpaired) electrons. The Kier molecular flexibility index (Phi) is 3.23. The zero-order valence-corrected chi connectivity index (χ0v) is 11.1. The second kappa shape index (κ2) is 5.20. The average molecular weight is 280 g/mol. The number of carbonyl (C=O) groups is 3. The van der Waals surface area contributed by atoms with Crippen LogP contribution in [0.1, 0.15) is 26.3 Å². The van der Waals surface area contributed by atoms with Crippen LogP contribution in [-0.2, 0) is 11.3 Å². The lowest BCUT2D eigenvalue weighted by Crippen LogP contribution is -2.22. The Balaban J connectivity index is 1.74. The van der Waals surface area contributed by atoms with Crippen molar-refractivity contribution in [2.75, 3.05) is 5.32 Å². The third-order valence-electron chi connectivity index (χ3n) is 3.28. The van der Waals surface area contributed by atoms with Crippen molar-refractivity contribution in [1.82, 2.24) is 5.32 Å². The van der Waals surface area contributed by atoms with Gasteiger partial charge in [0.05, 0.1) is 11.3 Å². The van der Waals surface area contributed by atoms with E-state index in [0.29, 0.717) is 17.8 Å². The molecule has 1 aliphatic rings. The number of fused-ring (bicyclic) bond motifs is 1. The van der Waals surface area contributed by atoms with Gasteiger partial charge in [0.2, 0.25) is 0 Å². The minimum absolute atomic E-state index is 0.243. The zero-order valence-electron chi connectivity index (χ0n) is 11.1. The molecule has 3 rings (SSSR count). The zero-order chi connectivity index (χ0) is 14.8. The van der Waals surface area contributed by atoms with Gasteiger partial charge in [0.25, 0.3) is 17.6 Å². The molecule has 0 spiro atoms. The third kappa shape index (κ3) is 2.53. The topological polar surface area (TPSA) is 75.3 Å². The van der Waals surface area contributed by atoms with E-state index in [0.717, 1.165) is 5.56 Å². The van der Waals surface area contributed by atoms with Gasteiger partial charge in [-0.2, -0.15) is 0 Å². The summed E-state index contributed by atoms with van der Waals surface area (Å²) < 4.78 is 0. The summed E-state index contributed by atoms with van der Waals surface area (Å²) in [7, 11) is 0. The lowest BCUT2D eigenvalue weighted by molar-refractivity contribution is -0.112. The highest BCUT2D eigenvalue weighted by Gasteiger charge is 2.28. The van der Waals surface area contributed by atoms with E-state index >= 15 is 0 Å². The molecule has 0 fully saturated rings. The molecule has 5 heteroatoms. The highest BCUT2D eigenvalue weighted by atomic mass is 16.2. The molecule has 0 saturated carbocycles. The molecule has 0 aromatic heterocycles. The van der Waals surface area contributed by atoms with Crippen LogP contribution in [0.5, 0.6) is 0 Å². The van der Waals surface area contributed by atoms with Crippen molar-refractivity contribution in [3.05, 3.63) is 65.2 Å². The smallest absolute Gasteiger partial charge is 0.296 e. The maximum atomic E-state index is 12.1. The summed E-state index contributed by atoms with van der Waals surface area (Å²) in [6, 6.07) is 14.1. The summed E-state index contributed by atoms with van der Waals surface area (Å²) in [6.07, 6.45) is 0. The summed E-state index contributed by atoms with van der Waals surface area (Å²) in [5, 5.41) is 5.23. The Hall–Kier alpha value is -2.95. The standard InChI is InChI=1S/C16H12N2O3/c19-14-12-8-11(6-7-13(12)18-16(14)21)15(20)17-9-10-4-2-1-3-5-10/h1-8H,9H2,(H,17,20)(H,18,19,21). The number of rotatable bonds is 3. The molecule has 0 aliphatic carbocycles. The summed E-state index contributed by atoms with van der Waals surface area (Å²) in [5.41, 5.74) is 2.03. The van der Waals surface area contributed by atoms with E-state index in [-0.39, 0.29) is 11.5 Å². The normalized spacial score (nSPS) is 12.8. The number of amides is 2. The minimum Gasteiger partial charge on any atom is -0.348 e. The lowest BCUT2D eigenvalue weighted by atomic mass is 10.1. The number of hydrogen-bond acceptors (Lipinski definition) is 3. The van der Waals surface area contributed by atoms with Crippen LogP contribution in [0.25, 0.3) is 0 Å². The van der Waals surface area contributed by atoms with Gasteiger partial charge in [0.15, 0.2) is 0 Å². The molecule has 2 aromatic rings.